The molecule has 0 saturated heterocycles. The van der Waals surface area contributed by atoms with Gasteiger partial charge in [-0.2, -0.15) is 0 Å². The number of carbonyl (C=O) groups excluding carboxylic acids is 1. The summed E-state index contributed by atoms with van der Waals surface area (Å²) in [5.41, 5.74) is 0.479. The van der Waals surface area contributed by atoms with E-state index in [1.54, 1.807) is 32.4 Å². The molecule has 1 aromatic carbocycles. The molecule has 0 aliphatic heterocycles. The predicted molar refractivity (Wildman–Crippen MR) is 81.0 cm³/mol. The highest BCUT2D eigenvalue weighted by Crippen LogP contribution is 2.23. The van der Waals surface area contributed by atoms with E-state index in [9.17, 15) is 4.79 Å². The molecule has 1 amide bonds. The van der Waals surface area contributed by atoms with Crippen LogP contribution in [0.5, 0.6) is 11.5 Å². The lowest BCUT2D eigenvalue weighted by atomic mass is 10.0. The van der Waals surface area contributed by atoms with Crippen molar-refractivity contribution >= 4 is 17.5 Å². The Bertz CT molecular complexity index is 437. The SMILES string of the molecule is CCC(CCCl)CNC(=O)c1cc(OC)ccc1OC. The van der Waals surface area contributed by atoms with Crippen molar-refractivity contribution in [2.45, 2.75) is 19.8 Å². The van der Waals surface area contributed by atoms with E-state index in [1.165, 1.54) is 0 Å². The van der Waals surface area contributed by atoms with Crippen molar-refractivity contribution in [3.05, 3.63) is 23.8 Å². The molecule has 0 aliphatic rings. The quantitative estimate of drug-likeness (QED) is 0.750. The van der Waals surface area contributed by atoms with E-state index < -0.39 is 0 Å². The van der Waals surface area contributed by atoms with Crippen LogP contribution in [-0.4, -0.2) is 32.6 Å². The van der Waals surface area contributed by atoms with Crippen LogP contribution < -0.4 is 14.8 Å². The molecule has 0 saturated carbocycles. The van der Waals surface area contributed by atoms with Gasteiger partial charge in [0.05, 0.1) is 19.8 Å². The van der Waals surface area contributed by atoms with E-state index in [0.717, 1.165) is 12.8 Å². The average Bonchev–Trinajstić information content (AvgIpc) is 2.50. The highest BCUT2D eigenvalue weighted by Gasteiger charge is 2.15. The summed E-state index contributed by atoms with van der Waals surface area (Å²) in [5.74, 6) is 2.01. The Morgan fingerprint density at radius 1 is 1.35 bits per heavy atom. The molecule has 1 unspecified atom stereocenters. The van der Waals surface area contributed by atoms with Gasteiger partial charge < -0.3 is 14.8 Å². The zero-order chi connectivity index (χ0) is 15.0. The van der Waals surface area contributed by atoms with E-state index in [1.807, 2.05) is 0 Å². The average molecular weight is 300 g/mol. The number of amides is 1. The highest BCUT2D eigenvalue weighted by atomic mass is 35.5. The molecule has 1 aromatic rings. The van der Waals surface area contributed by atoms with Gasteiger partial charge in [0.15, 0.2) is 0 Å². The molecule has 112 valence electrons. The van der Waals surface area contributed by atoms with Crippen molar-refractivity contribution in [1.82, 2.24) is 5.32 Å². The summed E-state index contributed by atoms with van der Waals surface area (Å²) in [4.78, 5) is 12.2. The maximum atomic E-state index is 12.2. The number of hydrogen-bond donors (Lipinski definition) is 1. The van der Waals surface area contributed by atoms with Crippen molar-refractivity contribution < 1.29 is 14.3 Å². The van der Waals surface area contributed by atoms with Crippen LogP contribution >= 0.6 is 11.6 Å². The standard InChI is InChI=1S/C15H22ClNO3/c1-4-11(7-8-16)10-17-15(18)13-9-12(19-2)5-6-14(13)20-3/h5-6,9,11H,4,7-8,10H2,1-3H3,(H,17,18). The summed E-state index contributed by atoms with van der Waals surface area (Å²) < 4.78 is 10.3. The fraction of sp³-hybridized carbons (Fsp3) is 0.533. The third-order valence-electron chi connectivity index (χ3n) is 3.30. The highest BCUT2D eigenvalue weighted by molar-refractivity contribution is 6.17. The zero-order valence-electron chi connectivity index (χ0n) is 12.2. The van der Waals surface area contributed by atoms with Gasteiger partial charge in [-0.05, 0) is 30.5 Å². The smallest absolute Gasteiger partial charge is 0.255 e. The Hall–Kier alpha value is -1.42. The maximum absolute atomic E-state index is 12.2. The third kappa shape index (κ3) is 4.60. The second-order valence-corrected chi connectivity index (χ2v) is 4.91. The van der Waals surface area contributed by atoms with Crippen molar-refractivity contribution in [2.24, 2.45) is 5.92 Å². The van der Waals surface area contributed by atoms with E-state index >= 15 is 0 Å². The Balaban J connectivity index is 2.75. The first-order chi connectivity index (χ1) is 9.65. The summed E-state index contributed by atoms with van der Waals surface area (Å²) in [7, 11) is 3.11. The molecule has 0 heterocycles. The topological polar surface area (TPSA) is 47.6 Å². The molecule has 20 heavy (non-hydrogen) atoms. The van der Waals surface area contributed by atoms with Crippen LogP contribution in [0, 0.1) is 5.92 Å². The molecule has 0 aromatic heterocycles. The monoisotopic (exact) mass is 299 g/mol. The minimum Gasteiger partial charge on any atom is -0.497 e. The van der Waals surface area contributed by atoms with Crippen LogP contribution in [0.3, 0.4) is 0 Å². The Morgan fingerprint density at radius 3 is 2.65 bits per heavy atom. The van der Waals surface area contributed by atoms with E-state index in [4.69, 9.17) is 21.1 Å². The first-order valence-corrected chi connectivity index (χ1v) is 7.25. The van der Waals surface area contributed by atoms with E-state index in [-0.39, 0.29) is 5.91 Å². The molecule has 1 N–H and O–H groups in total. The summed E-state index contributed by atoms with van der Waals surface area (Å²) in [6, 6.07) is 5.17. The Labute approximate surface area is 125 Å². The van der Waals surface area contributed by atoms with Crippen LogP contribution in [0.15, 0.2) is 18.2 Å². The number of benzene rings is 1. The minimum absolute atomic E-state index is 0.159. The molecule has 0 radical (unpaired) electrons. The fourth-order valence-corrected chi connectivity index (χ4v) is 2.24. The van der Waals surface area contributed by atoms with Crippen LogP contribution in [0.2, 0.25) is 0 Å². The predicted octanol–water partition coefficient (Wildman–Crippen LogP) is 3.09. The first kappa shape index (κ1) is 16.6. The van der Waals surface area contributed by atoms with Gasteiger partial charge in [-0.25, -0.2) is 0 Å². The number of methoxy groups -OCH3 is 2. The van der Waals surface area contributed by atoms with Crippen molar-refractivity contribution in [3.63, 3.8) is 0 Å². The van der Waals surface area contributed by atoms with Gasteiger partial charge in [0.25, 0.3) is 5.91 Å². The molecular weight excluding hydrogens is 278 g/mol. The number of rotatable bonds is 8. The summed E-state index contributed by atoms with van der Waals surface area (Å²) in [6.45, 7) is 2.71. The van der Waals surface area contributed by atoms with Crippen molar-refractivity contribution in [1.29, 1.82) is 0 Å². The lowest BCUT2D eigenvalue weighted by Crippen LogP contribution is -2.29. The minimum atomic E-state index is -0.159. The van der Waals surface area contributed by atoms with Crippen LogP contribution in [0.1, 0.15) is 30.1 Å². The van der Waals surface area contributed by atoms with Gasteiger partial charge in [0.1, 0.15) is 11.5 Å². The summed E-state index contributed by atoms with van der Waals surface area (Å²) in [5, 5.41) is 2.93. The number of ether oxygens (including phenoxy) is 2. The normalized spacial score (nSPS) is 11.8. The molecule has 1 rings (SSSR count). The molecule has 4 nitrogen and oxygen atoms in total. The van der Waals surface area contributed by atoms with Crippen molar-refractivity contribution in [2.75, 3.05) is 26.6 Å². The molecule has 1 atom stereocenters. The lowest BCUT2D eigenvalue weighted by molar-refractivity contribution is 0.0943. The van der Waals surface area contributed by atoms with Crippen molar-refractivity contribution in [3.8, 4) is 11.5 Å². The lowest BCUT2D eigenvalue weighted by Gasteiger charge is -2.15. The molecule has 0 aliphatic carbocycles. The van der Waals surface area contributed by atoms with Gasteiger partial charge in [0, 0.05) is 12.4 Å². The largest absolute Gasteiger partial charge is 0.497 e. The van der Waals surface area contributed by atoms with E-state index in [2.05, 4.69) is 12.2 Å². The fourth-order valence-electron chi connectivity index (χ4n) is 1.93. The van der Waals surface area contributed by atoms with Crippen LogP contribution in [-0.2, 0) is 0 Å². The molecule has 0 fully saturated rings. The third-order valence-corrected chi connectivity index (χ3v) is 3.52. The zero-order valence-corrected chi connectivity index (χ0v) is 13.0. The first-order valence-electron chi connectivity index (χ1n) is 6.72. The summed E-state index contributed by atoms with van der Waals surface area (Å²) >= 11 is 5.75. The maximum Gasteiger partial charge on any atom is 0.255 e. The van der Waals surface area contributed by atoms with Gasteiger partial charge >= 0.3 is 0 Å². The second-order valence-electron chi connectivity index (χ2n) is 4.53. The van der Waals surface area contributed by atoms with Gasteiger partial charge in [0.2, 0.25) is 0 Å². The van der Waals surface area contributed by atoms with Gasteiger partial charge in [-0.15, -0.1) is 11.6 Å². The van der Waals surface area contributed by atoms with Gasteiger partial charge in [-0.1, -0.05) is 13.3 Å². The number of halogens is 1. The second kappa shape index (κ2) is 8.69. The molecule has 5 heteroatoms. The number of carbonyl (C=O) groups is 1. The molecule has 0 bridgehead atoms. The number of nitrogens with one attached hydrogen (secondary N) is 1. The number of alkyl halides is 1. The molecule has 0 spiro atoms. The van der Waals surface area contributed by atoms with Gasteiger partial charge in [-0.3, -0.25) is 4.79 Å². The van der Waals surface area contributed by atoms with E-state index in [0.29, 0.717) is 35.4 Å². The Kier molecular flexibility index (Phi) is 7.23. The molecular formula is C15H22ClNO3. The van der Waals surface area contributed by atoms with Crippen LogP contribution in [0.4, 0.5) is 0 Å². The van der Waals surface area contributed by atoms with Crippen LogP contribution in [0.25, 0.3) is 0 Å². The Morgan fingerprint density at radius 2 is 2.10 bits per heavy atom. The number of hydrogen-bond acceptors (Lipinski definition) is 3. The summed E-state index contributed by atoms with van der Waals surface area (Å²) in [6.07, 6.45) is 1.88.